The van der Waals surface area contributed by atoms with Gasteiger partial charge in [0.1, 0.15) is 6.10 Å². The molecule has 2 fully saturated rings. The van der Waals surface area contributed by atoms with Crippen LogP contribution in [0.1, 0.15) is 265 Å². The van der Waals surface area contributed by atoms with Gasteiger partial charge in [-0.1, -0.05) is 174 Å². The summed E-state index contributed by atoms with van der Waals surface area (Å²) in [5.74, 6) is -1.82. The fourth-order valence-corrected chi connectivity index (χ4v) is 9.49. The smallest absolute Gasteiger partial charge is 0.338 e. The lowest BCUT2D eigenvalue weighted by Crippen LogP contribution is -2.39. The molecule has 2 saturated heterocycles. The normalized spacial score (nSPS) is 19.4. The summed E-state index contributed by atoms with van der Waals surface area (Å²) >= 11 is 0. The minimum absolute atomic E-state index is 0.0550. The van der Waals surface area contributed by atoms with Crippen molar-refractivity contribution in [2.45, 2.75) is 289 Å². The zero-order valence-corrected chi connectivity index (χ0v) is 43.2. The first kappa shape index (κ1) is 59.2. The van der Waals surface area contributed by atoms with Gasteiger partial charge in [-0.05, 0) is 116 Å². The maximum absolute atomic E-state index is 13.5. The average molecular weight is 918 g/mol. The number of esters is 3. The van der Waals surface area contributed by atoms with Crippen molar-refractivity contribution in [2.24, 2.45) is 5.92 Å². The van der Waals surface area contributed by atoms with Crippen LogP contribution in [0.3, 0.4) is 0 Å². The van der Waals surface area contributed by atoms with Crippen LogP contribution in [0.4, 0.5) is 0 Å². The first-order valence-electron chi connectivity index (χ1n) is 27.9. The Morgan fingerprint density at radius 2 is 0.938 bits per heavy atom. The van der Waals surface area contributed by atoms with E-state index in [1.54, 1.807) is 0 Å². The summed E-state index contributed by atoms with van der Waals surface area (Å²) in [5.41, 5.74) is 0. The van der Waals surface area contributed by atoms with E-state index in [4.69, 9.17) is 23.7 Å². The maximum Gasteiger partial charge on any atom is 0.338 e. The first-order valence-corrected chi connectivity index (χ1v) is 27.9. The molecule has 9 heteroatoms. The first-order chi connectivity index (χ1) is 31.7. The number of likely N-dealkylation sites (tertiary alicyclic amines) is 1. The SMILES string of the molecule is CCCCCCCC/C=C\CCCCCCCCOC(=O)C1OC(C)(CC2CCN(C)CC2)OC1C(=O)OCCCCCCCC(=O)OC(CCCCCCCC)CCCCCCCC. The zero-order valence-electron chi connectivity index (χ0n) is 43.2. The number of rotatable bonds is 43. The molecular formula is C56H103NO8. The lowest BCUT2D eigenvalue weighted by molar-refractivity contribution is -0.190. The second-order valence-corrected chi connectivity index (χ2v) is 20.2. The zero-order chi connectivity index (χ0) is 47.1. The fourth-order valence-electron chi connectivity index (χ4n) is 9.49. The molecule has 0 N–H and O–H groups in total. The molecule has 65 heavy (non-hydrogen) atoms. The molecule has 0 aromatic heterocycles. The lowest BCUT2D eigenvalue weighted by atomic mass is 9.90. The van der Waals surface area contributed by atoms with Crippen molar-refractivity contribution in [2.75, 3.05) is 33.4 Å². The molecule has 0 spiro atoms. The van der Waals surface area contributed by atoms with E-state index >= 15 is 0 Å². The summed E-state index contributed by atoms with van der Waals surface area (Å²) < 4.78 is 30.0. The van der Waals surface area contributed by atoms with E-state index in [1.807, 2.05) is 6.92 Å². The van der Waals surface area contributed by atoms with E-state index in [0.29, 0.717) is 31.8 Å². The number of piperidine rings is 1. The predicted octanol–water partition coefficient (Wildman–Crippen LogP) is 15.1. The number of unbranched alkanes of at least 4 members (excludes halogenated alkanes) is 26. The molecule has 9 nitrogen and oxygen atoms in total. The number of allylic oxidation sites excluding steroid dienone is 2. The summed E-state index contributed by atoms with van der Waals surface area (Å²) in [6, 6.07) is 0. The highest BCUT2D eigenvalue weighted by atomic mass is 16.8. The number of hydrogen-bond donors (Lipinski definition) is 0. The highest BCUT2D eigenvalue weighted by Gasteiger charge is 2.53. The Hall–Kier alpha value is -1.97. The van der Waals surface area contributed by atoms with Gasteiger partial charge in [0.05, 0.1) is 13.2 Å². The number of ether oxygens (including phenoxy) is 5. The summed E-state index contributed by atoms with van der Waals surface area (Å²) in [6.45, 7) is 11.2. The number of carbonyl (C=O) groups is 3. The Kier molecular flexibility index (Phi) is 36.4. The van der Waals surface area contributed by atoms with E-state index in [-0.39, 0.29) is 18.7 Å². The van der Waals surface area contributed by atoms with E-state index in [1.165, 1.54) is 128 Å². The monoisotopic (exact) mass is 918 g/mol. The van der Waals surface area contributed by atoms with Gasteiger partial charge in [-0.25, -0.2) is 9.59 Å². The molecule has 3 atom stereocenters. The third-order valence-electron chi connectivity index (χ3n) is 13.7. The van der Waals surface area contributed by atoms with E-state index in [2.05, 4.69) is 44.9 Å². The van der Waals surface area contributed by atoms with Crippen LogP contribution in [-0.2, 0) is 38.1 Å². The molecule has 2 aliphatic rings. The largest absolute Gasteiger partial charge is 0.464 e. The molecule has 0 radical (unpaired) electrons. The molecule has 2 heterocycles. The Labute approximate surface area is 400 Å². The molecule has 0 amide bonds. The van der Waals surface area contributed by atoms with Crippen LogP contribution in [0.15, 0.2) is 12.2 Å². The van der Waals surface area contributed by atoms with Gasteiger partial charge in [0, 0.05) is 12.8 Å². The van der Waals surface area contributed by atoms with Crippen LogP contribution in [0.5, 0.6) is 0 Å². The molecular weight excluding hydrogens is 815 g/mol. The topological polar surface area (TPSA) is 101 Å². The third-order valence-corrected chi connectivity index (χ3v) is 13.7. The summed E-state index contributed by atoms with van der Waals surface area (Å²) in [7, 11) is 2.14. The van der Waals surface area contributed by atoms with Gasteiger partial charge >= 0.3 is 17.9 Å². The van der Waals surface area contributed by atoms with Crippen molar-refractivity contribution in [1.29, 1.82) is 0 Å². The van der Waals surface area contributed by atoms with Crippen LogP contribution < -0.4 is 0 Å². The third kappa shape index (κ3) is 30.9. The predicted molar refractivity (Wildman–Crippen MR) is 268 cm³/mol. The molecule has 0 bridgehead atoms. The van der Waals surface area contributed by atoms with Gasteiger partial charge in [-0.15, -0.1) is 0 Å². The number of hydrogen-bond acceptors (Lipinski definition) is 9. The van der Waals surface area contributed by atoms with Crippen molar-refractivity contribution in [1.82, 2.24) is 4.90 Å². The van der Waals surface area contributed by atoms with Crippen LogP contribution >= 0.6 is 0 Å². The van der Waals surface area contributed by atoms with E-state index < -0.39 is 29.9 Å². The van der Waals surface area contributed by atoms with Crippen LogP contribution in [0.25, 0.3) is 0 Å². The number of nitrogens with zero attached hydrogens (tertiary/aromatic N) is 1. The van der Waals surface area contributed by atoms with Crippen LogP contribution in [0, 0.1) is 5.92 Å². The molecule has 0 aliphatic carbocycles. The summed E-state index contributed by atoms with van der Waals surface area (Å²) in [5, 5.41) is 0. The van der Waals surface area contributed by atoms with Crippen molar-refractivity contribution >= 4 is 17.9 Å². The molecule has 380 valence electrons. The Morgan fingerprint density at radius 1 is 0.554 bits per heavy atom. The highest BCUT2D eigenvalue weighted by molar-refractivity contribution is 5.86. The minimum Gasteiger partial charge on any atom is -0.464 e. The molecule has 2 rings (SSSR count). The molecule has 0 saturated carbocycles. The van der Waals surface area contributed by atoms with Crippen LogP contribution in [0.2, 0.25) is 0 Å². The lowest BCUT2D eigenvalue weighted by Gasteiger charge is -2.33. The Bertz CT molecular complexity index is 1170. The highest BCUT2D eigenvalue weighted by Crippen LogP contribution is 2.38. The van der Waals surface area contributed by atoms with Crippen LogP contribution in [-0.4, -0.2) is 80.3 Å². The quantitative estimate of drug-likeness (QED) is 0.0256. The van der Waals surface area contributed by atoms with Crippen molar-refractivity contribution in [3.8, 4) is 0 Å². The number of carbonyl (C=O) groups excluding carboxylic acids is 3. The van der Waals surface area contributed by atoms with Crippen molar-refractivity contribution in [3.05, 3.63) is 12.2 Å². The summed E-state index contributed by atoms with van der Waals surface area (Å²) in [4.78, 5) is 42.1. The standard InChI is InChI=1S/C56H103NO8/c1-6-9-12-15-18-19-20-21-22-23-24-25-26-27-32-37-46-61-54(59)52-53(65-56(4,64-52)48-49-42-44-57(5)45-43-49)55(60)62-47-38-33-28-31-36-41-51(58)63-50(39-34-29-16-13-10-7-2)40-35-30-17-14-11-8-3/h21-22,49-50,52-53H,6-20,23-48H2,1-5H3/b22-21-. The van der Waals surface area contributed by atoms with Crippen molar-refractivity contribution in [3.63, 3.8) is 0 Å². The second kappa shape index (κ2) is 40.0. The second-order valence-electron chi connectivity index (χ2n) is 20.2. The van der Waals surface area contributed by atoms with Gasteiger partial charge < -0.3 is 28.6 Å². The maximum atomic E-state index is 13.5. The fraction of sp³-hybridized carbons (Fsp3) is 0.911. The molecule has 0 aromatic carbocycles. The van der Waals surface area contributed by atoms with E-state index in [0.717, 1.165) is 103 Å². The van der Waals surface area contributed by atoms with Gasteiger partial charge in [-0.3, -0.25) is 4.79 Å². The minimum atomic E-state index is -1.14. The van der Waals surface area contributed by atoms with Gasteiger partial charge in [0.2, 0.25) is 0 Å². The Balaban J connectivity index is 1.69. The van der Waals surface area contributed by atoms with Gasteiger partial charge in [-0.2, -0.15) is 0 Å². The Morgan fingerprint density at radius 3 is 1.38 bits per heavy atom. The van der Waals surface area contributed by atoms with Gasteiger partial charge in [0.25, 0.3) is 0 Å². The van der Waals surface area contributed by atoms with Gasteiger partial charge in [0.15, 0.2) is 18.0 Å². The average Bonchev–Trinajstić information content (AvgIpc) is 3.65. The molecule has 2 aliphatic heterocycles. The van der Waals surface area contributed by atoms with E-state index in [9.17, 15) is 14.4 Å². The van der Waals surface area contributed by atoms with Crippen molar-refractivity contribution < 1.29 is 38.1 Å². The summed E-state index contributed by atoms with van der Waals surface area (Å²) in [6.07, 6.45) is 44.0. The molecule has 0 aromatic rings. The molecule has 3 unspecified atom stereocenters.